The predicted octanol–water partition coefficient (Wildman–Crippen LogP) is 2.49. The average Bonchev–Trinajstić information content (AvgIpc) is 2.28. The summed E-state index contributed by atoms with van der Waals surface area (Å²) >= 11 is 0. The molecule has 1 aromatic carbocycles. The van der Waals surface area contributed by atoms with E-state index in [1.165, 1.54) is 33.3 Å². The zero-order valence-corrected chi connectivity index (χ0v) is 10.2. The van der Waals surface area contributed by atoms with Crippen LogP contribution in [0, 0.1) is 6.92 Å². The summed E-state index contributed by atoms with van der Waals surface area (Å²) in [5, 5.41) is 0. The van der Waals surface area contributed by atoms with Gasteiger partial charge in [-0.25, -0.2) is 9.18 Å². The number of halogens is 1. The number of aryl methyl sites for hydroxylation is 1. The van der Waals surface area contributed by atoms with Crippen molar-refractivity contribution < 1.29 is 18.7 Å². The molecule has 0 aliphatic rings. The Bertz CT molecular complexity index is 465. The van der Waals surface area contributed by atoms with Gasteiger partial charge in [-0.2, -0.15) is 4.99 Å². The molecule has 0 amide bonds. The molecule has 17 heavy (non-hydrogen) atoms. The second kappa shape index (κ2) is 4.97. The van der Waals surface area contributed by atoms with Gasteiger partial charge in [0.25, 0.3) is 0 Å². The molecule has 92 valence electrons. The Balaban J connectivity index is 3.40. The van der Waals surface area contributed by atoms with Crippen molar-refractivity contribution in [2.45, 2.75) is 19.6 Å². The van der Waals surface area contributed by atoms with Crippen molar-refractivity contribution in [3.8, 4) is 11.5 Å². The van der Waals surface area contributed by atoms with Crippen molar-refractivity contribution in [3.63, 3.8) is 0 Å². The molecule has 0 radical (unpaired) electrons. The number of carbonyl (C=O) groups excluding carboxylic acids is 1. The van der Waals surface area contributed by atoms with Crippen molar-refractivity contribution in [1.82, 2.24) is 0 Å². The minimum atomic E-state index is -2.12. The summed E-state index contributed by atoms with van der Waals surface area (Å²) in [6, 6.07) is 3.10. The van der Waals surface area contributed by atoms with Crippen LogP contribution in [0.25, 0.3) is 0 Å². The molecule has 5 heteroatoms. The Morgan fingerprint density at radius 3 is 2.29 bits per heavy atom. The van der Waals surface area contributed by atoms with Crippen LogP contribution in [0.1, 0.15) is 18.1 Å². The number of hydrogen-bond donors (Lipinski definition) is 0. The first kappa shape index (κ1) is 13.2. The molecule has 0 saturated carbocycles. The first-order valence-electron chi connectivity index (χ1n) is 4.97. The van der Waals surface area contributed by atoms with Gasteiger partial charge in [0.15, 0.2) is 11.5 Å². The van der Waals surface area contributed by atoms with E-state index in [9.17, 15) is 9.18 Å². The van der Waals surface area contributed by atoms with Crippen LogP contribution in [0.4, 0.5) is 4.39 Å². The standard InChI is InChI=1S/C12H14FNO3/c1-8-5-10(16-3)11(17-4)6-9(8)12(2,13)14-7-15/h5-6H,1-4H3. The van der Waals surface area contributed by atoms with Crippen molar-refractivity contribution in [3.05, 3.63) is 23.3 Å². The summed E-state index contributed by atoms with van der Waals surface area (Å²) in [5.74, 6) is -1.23. The molecule has 1 aromatic rings. The molecule has 0 spiro atoms. The summed E-state index contributed by atoms with van der Waals surface area (Å²) in [7, 11) is 2.95. The van der Waals surface area contributed by atoms with Crippen LogP contribution in [0.5, 0.6) is 11.5 Å². The lowest BCUT2D eigenvalue weighted by Gasteiger charge is -2.19. The Labute approximate surface area is 99.1 Å². The van der Waals surface area contributed by atoms with Crippen molar-refractivity contribution in [2.75, 3.05) is 14.2 Å². The second-order valence-corrected chi connectivity index (χ2v) is 3.68. The van der Waals surface area contributed by atoms with Crippen LogP contribution in [0.15, 0.2) is 17.1 Å². The van der Waals surface area contributed by atoms with E-state index in [0.29, 0.717) is 17.1 Å². The van der Waals surface area contributed by atoms with Crippen LogP contribution in [0.3, 0.4) is 0 Å². The highest BCUT2D eigenvalue weighted by molar-refractivity contribution is 5.49. The molecule has 0 aliphatic heterocycles. The topological polar surface area (TPSA) is 47.9 Å². The lowest BCUT2D eigenvalue weighted by atomic mass is 10.00. The summed E-state index contributed by atoms with van der Waals surface area (Å²) in [6.07, 6.45) is 1.23. The molecule has 0 aliphatic carbocycles. The molecular weight excluding hydrogens is 225 g/mol. The van der Waals surface area contributed by atoms with Gasteiger partial charge in [0, 0.05) is 5.56 Å². The second-order valence-electron chi connectivity index (χ2n) is 3.68. The zero-order valence-electron chi connectivity index (χ0n) is 10.2. The normalized spacial score (nSPS) is 13.5. The van der Waals surface area contributed by atoms with Gasteiger partial charge in [-0.3, -0.25) is 0 Å². The maximum atomic E-state index is 14.1. The highest BCUT2D eigenvalue weighted by atomic mass is 19.1. The molecule has 1 atom stereocenters. The third-order valence-corrected chi connectivity index (χ3v) is 2.48. The predicted molar refractivity (Wildman–Crippen MR) is 60.9 cm³/mol. The van der Waals surface area contributed by atoms with Gasteiger partial charge in [-0.15, -0.1) is 0 Å². The van der Waals surface area contributed by atoms with Gasteiger partial charge in [0.1, 0.15) is 0 Å². The lowest BCUT2D eigenvalue weighted by molar-refractivity contribution is 0.204. The van der Waals surface area contributed by atoms with E-state index in [-0.39, 0.29) is 5.56 Å². The third kappa shape index (κ3) is 2.63. The van der Waals surface area contributed by atoms with Gasteiger partial charge in [0.2, 0.25) is 11.9 Å². The largest absolute Gasteiger partial charge is 0.493 e. The van der Waals surface area contributed by atoms with Gasteiger partial charge in [-0.1, -0.05) is 0 Å². The number of hydrogen-bond acceptors (Lipinski definition) is 4. The molecule has 0 bridgehead atoms. The van der Waals surface area contributed by atoms with Crippen molar-refractivity contribution in [1.29, 1.82) is 0 Å². The summed E-state index contributed by atoms with van der Waals surface area (Å²) in [4.78, 5) is 13.3. The van der Waals surface area contributed by atoms with Crippen LogP contribution in [-0.2, 0) is 10.6 Å². The number of isocyanates is 1. The Morgan fingerprint density at radius 1 is 1.29 bits per heavy atom. The average molecular weight is 239 g/mol. The quantitative estimate of drug-likeness (QED) is 0.460. The van der Waals surface area contributed by atoms with E-state index in [4.69, 9.17) is 9.47 Å². The molecule has 1 unspecified atom stereocenters. The van der Waals surface area contributed by atoms with E-state index in [1.807, 2.05) is 0 Å². The summed E-state index contributed by atoms with van der Waals surface area (Å²) < 4.78 is 24.3. The van der Waals surface area contributed by atoms with Crippen LogP contribution < -0.4 is 9.47 Å². The molecule has 0 saturated heterocycles. The van der Waals surface area contributed by atoms with Crippen LogP contribution in [0.2, 0.25) is 0 Å². The monoisotopic (exact) mass is 239 g/mol. The summed E-state index contributed by atoms with van der Waals surface area (Å²) in [6.45, 7) is 2.89. The van der Waals surface area contributed by atoms with E-state index in [1.54, 1.807) is 13.0 Å². The zero-order chi connectivity index (χ0) is 13.1. The van der Waals surface area contributed by atoms with Gasteiger partial charge in [-0.05, 0) is 31.5 Å². The molecular formula is C12H14FNO3. The van der Waals surface area contributed by atoms with Crippen LogP contribution >= 0.6 is 0 Å². The molecule has 0 fully saturated rings. The fourth-order valence-corrected chi connectivity index (χ4v) is 1.62. The first-order valence-corrected chi connectivity index (χ1v) is 4.97. The molecule has 0 N–H and O–H groups in total. The number of rotatable bonds is 4. The molecule has 1 rings (SSSR count). The van der Waals surface area contributed by atoms with E-state index in [2.05, 4.69) is 4.99 Å². The van der Waals surface area contributed by atoms with Crippen LogP contribution in [-0.4, -0.2) is 20.3 Å². The smallest absolute Gasteiger partial charge is 0.238 e. The van der Waals surface area contributed by atoms with Crippen molar-refractivity contribution in [2.24, 2.45) is 4.99 Å². The number of ether oxygens (including phenoxy) is 2. The minimum absolute atomic E-state index is 0.249. The molecule has 0 heterocycles. The lowest BCUT2D eigenvalue weighted by Crippen LogP contribution is -2.13. The van der Waals surface area contributed by atoms with Gasteiger partial charge < -0.3 is 9.47 Å². The minimum Gasteiger partial charge on any atom is -0.493 e. The fraction of sp³-hybridized carbons (Fsp3) is 0.417. The van der Waals surface area contributed by atoms with Crippen molar-refractivity contribution >= 4 is 6.08 Å². The first-order chi connectivity index (χ1) is 7.96. The number of aliphatic imine (C=N–C) groups is 1. The maximum absolute atomic E-state index is 14.1. The van der Waals surface area contributed by atoms with Gasteiger partial charge in [0.05, 0.1) is 14.2 Å². The van der Waals surface area contributed by atoms with E-state index < -0.39 is 5.79 Å². The third-order valence-electron chi connectivity index (χ3n) is 2.48. The highest BCUT2D eigenvalue weighted by Gasteiger charge is 2.28. The van der Waals surface area contributed by atoms with E-state index in [0.717, 1.165) is 0 Å². The number of alkyl halides is 1. The Morgan fingerprint density at radius 2 is 1.82 bits per heavy atom. The molecule has 0 aromatic heterocycles. The SMILES string of the molecule is COc1cc(C)c(C(C)(F)N=C=O)cc1OC. The maximum Gasteiger partial charge on any atom is 0.238 e. The number of benzene rings is 1. The Kier molecular flexibility index (Phi) is 3.86. The number of methoxy groups -OCH3 is 2. The Hall–Kier alpha value is -1.87. The highest BCUT2D eigenvalue weighted by Crippen LogP contribution is 2.37. The van der Waals surface area contributed by atoms with Gasteiger partial charge >= 0.3 is 0 Å². The molecule has 4 nitrogen and oxygen atoms in total. The number of nitrogens with zero attached hydrogens (tertiary/aromatic N) is 1. The fourth-order valence-electron chi connectivity index (χ4n) is 1.62. The summed E-state index contributed by atoms with van der Waals surface area (Å²) in [5.41, 5.74) is 0.866. The van der Waals surface area contributed by atoms with E-state index >= 15 is 0 Å².